The van der Waals surface area contributed by atoms with E-state index < -0.39 is 9.84 Å². The molecule has 9 nitrogen and oxygen atoms in total. The maximum Gasteiger partial charge on any atom is 0.151 e. The summed E-state index contributed by atoms with van der Waals surface area (Å²) in [5.41, 5.74) is 6.04. The highest BCUT2D eigenvalue weighted by Crippen LogP contribution is 2.43. The van der Waals surface area contributed by atoms with Crippen LogP contribution in [0.2, 0.25) is 0 Å². The molecule has 3 aromatic heterocycles. The van der Waals surface area contributed by atoms with Crippen molar-refractivity contribution in [2.75, 3.05) is 36.1 Å². The molecule has 2 atom stereocenters. The smallest absolute Gasteiger partial charge is 0.151 e. The van der Waals surface area contributed by atoms with E-state index in [1.54, 1.807) is 0 Å². The summed E-state index contributed by atoms with van der Waals surface area (Å²) < 4.78 is 38.7. The molecule has 220 valence electrons. The molecule has 0 bridgehead atoms. The monoisotopic (exact) mass is 587 g/mol. The van der Waals surface area contributed by atoms with E-state index in [4.69, 9.17) is 19.6 Å². The lowest BCUT2D eigenvalue weighted by atomic mass is 9.79. The van der Waals surface area contributed by atoms with Crippen molar-refractivity contribution in [3.63, 3.8) is 0 Å². The lowest BCUT2D eigenvalue weighted by Crippen LogP contribution is -2.57. The highest BCUT2D eigenvalue weighted by Gasteiger charge is 2.50. The molecule has 0 aliphatic carbocycles. The number of hydrogen-bond donors (Lipinski definition) is 0. The van der Waals surface area contributed by atoms with Crippen LogP contribution in [0.1, 0.15) is 61.6 Å². The van der Waals surface area contributed by atoms with Gasteiger partial charge in [-0.05, 0) is 87.9 Å². The van der Waals surface area contributed by atoms with Crippen LogP contribution in [0.25, 0.3) is 22.2 Å². The zero-order valence-electron chi connectivity index (χ0n) is 24.4. The van der Waals surface area contributed by atoms with Crippen LogP contribution in [-0.4, -0.2) is 59.4 Å². The molecular weight excluding hydrogens is 550 g/mol. The second-order valence-corrected chi connectivity index (χ2v) is 14.5. The summed E-state index contributed by atoms with van der Waals surface area (Å²) in [5, 5.41) is 6.07. The third-order valence-electron chi connectivity index (χ3n) is 9.08. The van der Waals surface area contributed by atoms with E-state index >= 15 is 0 Å². The standard InChI is InChI=1S/C32H37N5O4S/c1-21-15-33-16-22(2)30(21)23(3)41-25-8-9-27-26(14-25)31(35-37(27)29-6-4-5-12-40-29)24-7-10-28(34-17-24)36-18-32(19-36)11-13-42(38,39)20-32/h7-10,14-17,23,29H,4-6,11-13,18-20H2,1-3H3/t23-,29?/m1/s1. The molecule has 0 radical (unpaired) electrons. The van der Waals surface area contributed by atoms with E-state index in [0.717, 1.165) is 95.8 Å². The second-order valence-electron chi connectivity index (χ2n) is 12.3. The molecule has 1 spiro atoms. The van der Waals surface area contributed by atoms with E-state index in [2.05, 4.69) is 48.9 Å². The van der Waals surface area contributed by atoms with Crippen molar-refractivity contribution in [1.29, 1.82) is 0 Å². The molecule has 3 aliphatic heterocycles. The van der Waals surface area contributed by atoms with Crippen molar-refractivity contribution >= 4 is 26.6 Å². The third-order valence-corrected chi connectivity index (χ3v) is 11.0. The van der Waals surface area contributed by atoms with Gasteiger partial charge in [0, 0.05) is 60.2 Å². The van der Waals surface area contributed by atoms with Gasteiger partial charge in [-0.1, -0.05) is 0 Å². The number of sulfone groups is 1. The van der Waals surface area contributed by atoms with Gasteiger partial charge in [0.05, 0.1) is 17.0 Å². The molecule has 10 heteroatoms. The van der Waals surface area contributed by atoms with Gasteiger partial charge in [0.15, 0.2) is 16.1 Å². The Morgan fingerprint density at radius 1 is 1.07 bits per heavy atom. The zero-order chi connectivity index (χ0) is 29.1. The number of aryl methyl sites for hydroxylation is 2. The van der Waals surface area contributed by atoms with Gasteiger partial charge in [0.2, 0.25) is 0 Å². The Morgan fingerprint density at radius 3 is 2.55 bits per heavy atom. The predicted molar refractivity (Wildman–Crippen MR) is 162 cm³/mol. The van der Waals surface area contributed by atoms with E-state index in [1.807, 2.05) is 35.4 Å². The normalized spacial score (nSPS) is 21.9. The molecule has 3 fully saturated rings. The highest BCUT2D eigenvalue weighted by atomic mass is 32.2. The molecule has 42 heavy (non-hydrogen) atoms. The quantitative estimate of drug-likeness (QED) is 0.289. The third kappa shape index (κ3) is 4.94. The summed E-state index contributed by atoms with van der Waals surface area (Å²) in [5.74, 6) is 2.25. The lowest BCUT2D eigenvalue weighted by Gasteiger charge is -2.48. The van der Waals surface area contributed by atoms with Crippen molar-refractivity contribution in [3.05, 3.63) is 65.6 Å². The van der Waals surface area contributed by atoms with Gasteiger partial charge < -0.3 is 14.4 Å². The Bertz CT molecular complexity index is 1720. The minimum atomic E-state index is -2.90. The van der Waals surface area contributed by atoms with E-state index in [0.29, 0.717) is 11.5 Å². The van der Waals surface area contributed by atoms with E-state index in [-0.39, 0.29) is 17.7 Å². The van der Waals surface area contributed by atoms with Crippen molar-refractivity contribution in [1.82, 2.24) is 19.7 Å². The molecule has 3 aliphatic rings. The number of benzene rings is 1. The summed E-state index contributed by atoms with van der Waals surface area (Å²) in [6.07, 6.45) is 9.25. The van der Waals surface area contributed by atoms with Crippen molar-refractivity contribution in [3.8, 4) is 17.0 Å². The molecule has 7 rings (SSSR count). The Morgan fingerprint density at radius 2 is 1.88 bits per heavy atom. The number of hydrogen-bond acceptors (Lipinski definition) is 8. The first-order valence-electron chi connectivity index (χ1n) is 14.8. The fourth-order valence-electron chi connectivity index (χ4n) is 7.03. The van der Waals surface area contributed by atoms with Crippen LogP contribution in [0.3, 0.4) is 0 Å². The molecule has 0 amide bonds. The highest BCUT2D eigenvalue weighted by molar-refractivity contribution is 7.91. The van der Waals surface area contributed by atoms with Crippen molar-refractivity contribution in [2.24, 2.45) is 5.41 Å². The van der Waals surface area contributed by atoms with E-state index in [1.165, 1.54) is 0 Å². The first kappa shape index (κ1) is 27.3. The average molecular weight is 588 g/mol. The second kappa shape index (κ2) is 10.3. The SMILES string of the molecule is Cc1cncc(C)c1[C@@H](C)Oc1ccc2c(c1)c(-c1ccc(N3CC4(CCS(=O)(=O)C4)C3)nc1)nn2C1CCCCO1. The molecular formula is C32H37N5O4S. The molecule has 3 saturated heterocycles. The summed E-state index contributed by atoms with van der Waals surface area (Å²) in [6, 6.07) is 10.2. The maximum atomic E-state index is 12.0. The van der Waals surface area contributed by atoms with Gasteiger partial charge >= 0.3 is 0 Å². The molecule has 6 heterocycles. The Kier molecular flexibility index (Phi) is 6.73. The van der Waals surface area contributed by atoms with Gasteiger partial charge in [-0.2, -0.15) is 5.10 Å². The first-order valence-corrected chi connectivity index (χ1v) is 16.7. The van der Waals surface area contributed by atoms with Crippen LogP contribution in [0, 0.1) is 19.3 Å². The summed E-state index contributed by atoms with van der Waals surface area (Å²) in [7, 11) is -2.90. The Hall–Kier alpha value is -3.50. The lowest BCUT2D eigenvalue weighted by molar-refractivity contribution is -0.0365. The van der Waals surface area contributed by atoms with Crippen LogP contribution in [0.4, 0.5) is 5.82 Å². The van der Waals surface area contributed by atoms with Crippen LogP contribution < -0.4 is 9.64 Å². The Balaban J connectivity index is 1.19. The molecule has 0 saturated carbocycles. The number of aromatic nitrogens is 4. The first-order chi connectivity index (χ1) is 20.2. The number of nitrogens with zero attached hydrogens (tertiary/aromatic N) is 5. The summed E-state index contributed by atoms with van der Waals surface area (Å²) in [6.45, 7) is 8.42. The van der Waals surface area contributed by atoms with Crippen molar-refractivity contribution < 1.29 is 17.9 Å². The Labute approximate surface area is 246 Å². The fourth-order valence-corrected chi connectivity index (χ4v) is 9.18. The number of rotatable bonds is 6. The van der Waals surface area contributed by atoms with Gasteiger partial charge in [-0.15, -0.1) is 0 Å². The minimum Gasteiger partial charge on any atom is -0.486 e. The maximum absolute atomic E-state index is 12.0. The fraction of sp³-hybridized carbons (Fsp3) is 0.469. The van der Waals surface area contributed by atoms with Gasteiger partial charge in [-0.25, -0.2) is 18.1 Å². The van der Waals surface area contributed by atoms with Crippen LogP contribution in [-0.2, 0) is 14.6 Å². The van der Waals surface area contributed by atoms with Gasteiger partial charge in [-0.3, -0.25) is 4.98 Å². The molecule has 1 aromatic carbocycles. The predicted octanol–water partition coefficient (Wildman–Crippen LogP) is 5.57. The summed E-state index contributed by atoms with van der Waals surface area (Å²) in [4.78, 5) is 11.3. The van der Waals surface area contributed by atoms with Crippen molar-refractivity contribution in [2.45, 2.75) is 58.8 Å². The van der Waals surface area contributed by atoms with Gasteiger partial charge in [0.25, 0.3) is 0 Å². The number of pyridine rings is 2. The van der Waals surface area contributed by atoms with Crippen LogP contribution >= 0.6 is 0 Å². The minimum absolute atomic E-state index is 0.102. The number of ether oxygens (including phenoxy) is 2. The molecule has 1 unspecified atom stereocenters. The molecule has 4 aromatic rings. The van der Waals surface area contributed by atoms with Crippen LogP contribution in [0.5, 0.6) is 5.75 Å². The van der Waals surface area contributed by atoms with Gasteiger partial charge in [0.1, 0.15) is 23.4 Å². The van der Waals surface area contributed by atoms with Crippen LogP contribution in [0.15, 0.2) is 48.9 Å². The zero-order valence-corrected chi connectivity index (χ0v) is 25.2. The number of anilines is 1. The molecule has 0 N–H and O–H groups in total. The van der Waals surface area contributed by atoms with E-state index in [9.17, 15) is 8.42 Å². The number of fused-ring (bicyclic) bond motifs is 1. The topological polar surface area (TPSA) is 99.4 Å². The largest absolute Gasteiger partial charge is 0.486 e. The average Bonchev–Trinajstić information content (AvgIpc) is 3.50. The summed E-state index contributed by atoms with van der Waals surface area (Å²) >= 11 is 0.